The first-order valence-electron chi connectivity index (χ1n) is 5.80. The van der Waals surface area contributed by atoms with Crippen LogP contribution in [-0.4, -0.2) is 12.0 Å². The molecule has 1 aromatic heterocycles. The van der Waals surface area contributed by atoms with Gasteiger partial charge in [0.25, 0.3) is 0 Å². The molecule has 0 unspecified atom stereocenters. The largest absolute Gasteiger partial charge is 0.314 e. The molecule has 1 N–H and O–H groups in total. The summed E-state index contributed by atoms with van der Waals surface area (Å²) < 4.78 is 0. The molecule has 17 heavy (non-hydrogen) atoms. The van der Waals surface area contributed by atoms with Crippen LogP contribution in [0, 0.1) is 20.8 Å². The minimum absolute atomic E-state index is 0.826. The molecular weight excluding hydrogens is 228 g/mol. The Balaban J connectivity index is 2.51. The maximum absolute atomic E-state index is 4.60. The van der Waals surface area contributed by atoms with E-state index in [1.165, 1.54) is 21.6 Å². The number of aromatic nitrogens is 1. The summed E-state index contributed by atoms with van der Waals surface area (Å²) in [5.74, 6) is 0. The number of hydrogen-bond acceptors (Lipinski definition) is 3. The number of benzene rings is 1. The first kappa shape index (κ1) is 12.3. The molecule has 90 valence electrons. The summed E-state index contributed by atoms with van der Waals surface area (Å²) in [5, 5.41) is 4.31. The zero-order chi connectivity index (χ0) is 12.4. The Hall–Kier alpha value is -1.19. The van der Waals surface area contributed by atoms with Gasteiger partial charge in [0.2, 0.25) is 0 Å². The van der Waals surface area contributed by atoms with Crippen molar-refractivity contribution in [1.82, 2.24) is 10.3 Å². The van der Waals surface area contributed by atoms with Crippen LogP contribution in [-0.2, 0) is 6.54 Å². The SMILES string of the molecule is CNCc1nc(C)sc1-c1ccc(C)cc1C. The van der Waals surface area contributed by atoms with E-state index in [-0.39, 0.29) is 0 Å². The van der Waals surface area contributed by atoms with Gasteiger partial charge in [-0.1, -0.05) is 23.8 Å². The van der Waals surface area contributed by atoms with Gasteiger partial charge < -0.3 is 5.32 Å². The molecule has 0 amide bonds. The third-order valence-electron chi connectivity index (χ3n) is 2.78. The van der Waals surface area contributed by atoms with Gasteiger partial charge in [-0.15, -0.1) is 11.3 Å². The average molecular weight is 246 g/mol. The highest BCUT2D eigenvalue weighted by Gasteiger charge is 2.12. The molecule has 0 aliphatic carbocycles. The van der Waals surface area contributed by atoms with Crippen LogP contribution in [0.4, 0.5) is 0 Å². The lowest BCUT2D eigenvalue weighted by Gasteiger charge is -2.06. The molecule has 0 aliphatic heterocycles. The van der Waals surface area contributed by atoms with E-state index in [0.717, 1.165) is 17.2 Å². The molecule has 0 aliphatic rings. The third kappa shape index (κ3) is 2.56. The number of aryl methyl sites for hydroxylation is 3. The van der Waals surface area contributed by atoms with E-state index in [0.29, 0.717) is 0 Å². The smallest absolute Gasteiger partial charge is 0.0904 e. The van der Waals surface area contributed by atoms with Crippen molar-refractivity contribution >= 4 is 11.3 Å². The van der Waals surface area contributed by atoms with E-state index in [1.54, 1.807) is 11.3 Å². The maximum Gasteiger partial charge on any atom is 0.0904 e. The van der Waals surface area contributed by atoms with Crippen LogP contribution in [0.5, 0.6) is 0 Å². The molecule has 0 saturated heterocycles. The maximum atomic E-state index is 4.60. The van der Waals surface area contributed by atoms with Gasteiger partial charge in [0.05, 0.1) is 15.6 Å². The predicted molar refractivity (Wildman–Crippen MR) is 74.5 cm³/mol. The standard InChI is InChI=1S/C14H18N2S/c1-9-5-6-12(10(2)7-9)14-13(8-15-4)16-11(3)17-14/h5-7,15H,8H2,1-4H3. The molecule has 1 heterocycles. The topological polar surface area (TPSA) is 24.9 Å². The number of rotatable bonds is 3. The van der Waals surface area contributed by atoms with Crippen LogP contribution in [0.3, 0.4) is 0 Å². The lowest BCUT2D eigenvalue weighted by atomic mass is 10.0. The molecule has 2 nitrogen and oxygen atoms in total. The van der Waals surface area contributed by atoms with Crippen molar-refractivity contribution in [1.29, 1.82) is 0 Å². The summed E-state index contributed by atoms with van der Waals surface area (Å²) >= 11 is 1.78. The number of hydrogen-bond donors (Lipinski definition) is 1. The number of nitrogens with zero attached hydrogens (tertiary/aromatic N) is 1. The lowest BCUT2D eigenvalue weighted by Crippen LogP contribution is -2.06. The van der Waals surface area contributed by atoms with Crippen LogP contribution in [0.2, 0.25) is 0 Å². The van der Waals surface area contributed by atoms with Crippen LogP contribution >= 0.6 is 11.3 Å². The Morgan fingerprint density at radius 1 is 1.24 bits per heavy atom. The molecule has 2 aromatic rings. The Morgan fingerprint density at radius 2 is 2.00 bits per heavy atom. The fraction of sp³-hybridized carbons (Fsp3) is 0.357. The van der Waals surface area contributed by atoms with E-state index < -0.39 is 0 Å². The van der Waals surface area contributed by atoms with Crippen molar-refractivity contribution in [3.05, 3.63) is 40.0 Å². The Bertz CT molecular complexity index is 529. The Labute approximate surface area is 107 Å². The van der Waals surface area contributed by atoms with Gasteiger partial charge in [0.15, 0.2) is 0 Å². The second-order valence-electron chi connectivity index (χ2n) is 4.36. The predicted octanol–water partition coefficient (Wildman–Crippen LogP) is 3.45. The first-order valence-corrected chi connectivity index (χ1v) is 6.62. The second-order valence-corrected chi connectivity index (χ2v) is 5.56. The summed E-state index contributed by atoms with van der Waals surface area (Å²) in [4.78, 5) is 5.90. The quantitative estimate of drug-likeness (QED) is 0.897. The van der Waals surface area contributed by atoms with Crippen LogP contribution in [0.15, 0.2) is 18.2 Å². The van der Waals surface area contributed by atoms with Crippen molar-refractivity contribution in [2.24, 2.45) is 0 Å². The Morgan fingerprint density at radius 3 is 2.65 bits per heavy atom. The van der Waals surface area contributed by atoms with Crippen LogP contribution < -0.4 is 5.32 Å². The molecular formula is C14H18N2S. The number of nitrogens with one attached hydrogen (secondary N) is 1. The van der Waals surface area contributed by atoms with E-state index in [9.17, 15) is 0 Å². The second kappa shape index (κ2) is 4.98. The molecule has 0 spiro atoms. The molecule has 2 rings (SSSR count). The first-order chi connectivity index (χ1) is 8.11. The molecule has 0 bridgehead atoms. The number of thiazole rings is 1. The molecule has 1 aromatic carbocycles. The van der Waals surface area contributed by atoms with Gasteiger partial charge in [0.1, 0.15) is 0 Å². The van der Waals surface area contributed by atoms with Crippen molar-refractivity contribution in [3.63, 3.8) is 0 Å². The van der Waals surface area contributed by atoms with Crippen LogP contribution in [0.25, 0.3) is 10.4 Å². The zero-order valence-corrected chi connectivity index (χ0v) is 11.6. The monoisotopic (exact) mass is 246 g/mol. The minimum atomic E-state index is 0.826. The van der Waals surface area contributed by atoms with E-state index >= 15 is 0 Å². The molecule has 0 saturated carbocycles. The van der Waals surface area contributed by atoms with E-state index in [1.807, 2.05) is 7.05 Å². The van der Waals surface area contributed by atoms with Gasteiger partial charge in [-0.3, -0.25) is 0 Å². The lowest BCUT2D eigenvalue weighted by molar-refractivity contribution is 0.796. The molecule has 0 fully saturated rings. The highest BCUT2D eigenvalue weighted by Crippen LogP contribution is 2.32. The summed E-state index contributed by atoms with van der Waals surface area (Å²) in [6.07, 6.45) is 0. The van der Waals surface area contributed by atoms with Crippen molar-refractivity contribution < 1.29 is 0 Å². The fourth-order valence-corrected chi connectivity index (χ4v) is 3.06. The summed E-state index contributed by atoms with van der Waals surface area (Å²) in [5.41, 5.74) is 5.10. The van der Waals surface area contributed by atoms with E-state index in [4.69, 9.17) is 0 Å². The van der Waals surface area contributed by atoms with Crippen LogP contribution in [0.1, 0.15) is 21.8 Å². The molecule has 0 atom stereocenters. The molecule has 3 heteroatoms. The highest BCUT2D eigenvalue weighted by atomic mass is 32.1. The fourth-order valence-electron chi connectivity index (χ4n) is 2.04. The Kier molecular flexibility index (Phi) is 3.60. The normalized spacial score (nSPS) is 10.8. The summed E-state index contributed by atoms with van der Waals surface area (Å²) in [6.45, 7) is 7.19. The minimum Gasteiger partial charge on any atom is -0.314 e. The van der Waals surface area contributed by atoms with Crippen molar-refractivity contribution in [2.75, 3.05) is 7.05 Å². The summed E-state index contributed by atoms with van der Waals surface area (Å²) in [7, 11) is 1.96. The van der Waals surface area contributed by atoms with Gasteiger partial charge in [-0.2, -0.15) is 0 Å². The van der Waals surface area contributed by atoms with E-state index in [2.05, 4.69) is 49.3 Å². The highest BCUT2D eigenvalue weighted by molar-refractivity contribution is 7.15. The van der Waals surface area contributed by atoms with Gasteiger partial charge in [-0.05, 0) is 38.9 Å². The third-order valence-corrected chi connectivity index (χ3v) is 3.82. The van der Waals surface area contributed by atoms with Crippen molar-refractivity contribution in [3.8, 4) is 10.4 Å². The molecule has 0 radical (unpaired) electrons. The summed E-state index contributed by atoms with van der Waals surface area (Å²) in [6, 6.07) is 6.60. The average Bonchev–Trinajstić information content (AvgIpc) is 2.60. The zero-order valence-electron chi connectivity index (χ0n) is 10.8. The van der Waals surface area contributed by atoms with Gasteiger partial charge >= 0.3 is 0 Å². The van der Waals surface area contributed by atoms with Gasteiger partial charge in [0, 0.05) is 6.54 Å². The van der Waals surface area contributed by atoms with Crippen molar-refractivity contribution in [2.45, 2.75) is 27.3 Å². The van der Waals surface area contributed by atoms with Gasteiger partial charge in [-0.25, -0.2) is 4.98 Å².